The first-order chi connectivity index (χ1) is 15.6. The number of amides is 1. The predicted molar refractivity (Wildman–Crippen MR) is 131 cm³/mol. The Morgan fingerprint density at radius 1 is 0.939 bits per heavy atom. The van der Waals surface area contributed by atoms with Crippen molar-refractivity contribution < 1.29 is 17.9 Å². The van der Waals surface area contributed by atoms with E-state index in [2.05, 4.69) is 5.32 Å². The molecule has 3 rings (SSSR count). The van der Waals surface area contributed by atoms with Crippen LogP contribution in [0.2, 0.25) is 0 Å². The molecule has 0 saturated heterocycles. The van der Waals surface area contributed by atoms with Gasteiger partial charge in [0.2, 0.25) is 5.91 Å². The number of aryl methyl sites for hydroxylation is 3. The number of carbonyl (C=O) groups is 1. The molecule has 174 valence electrons. The summed E-state index contributed by atoms with van der Waals surface area (Å²) in [6.45, 7) is 7.38. The van der Waals surface area contributed by atoms with E-state index < -0.39 is 15.9 Å². The minimum atomic E-state index is -3.99. The van der Waals surface area contributed by atoms with Crippen molar-refractivity contribution in [1.82, 2.24) is 5.32 Å². The van der Waals surface area contributed by atoms with E-state index >= 15 is 0 Å². The third-order valence-electron chi connectivity index (χ3n) is 5.69. The lowest BCUT2D eigenvalue weighted by Crippen LogP contribution is -2.41. The van der Waals surface area contributed by atoms with Gasteiger partial charge in [-0.05, 0) is 80.3 Å². The molecule has 0 heterocycles. The summed E-state index contributed by atoms with van der Waals surface area (Å²) in [5, 5.41) is 2.93. The maximum atomic E-state index is 13.6. The Labute approximate surface area is 196 Å². The molecule has 0 aliphatic carbocycles. The molecule has 0 fully saturated rings. The van der Waals surface area contributed by atoms with Gasteiger partial charge in [0, 0.05) is 0 Å². The van der Waals surface area contributed by atoms with Crippen LogP contribution in [0.4, 0.5) is 5.69 Å². The lowest BCUT2D eigenvalue weighted by atomic mass is 10.0. The Hall–Kier alpha value is -3.32. The van der Waals surface area contributed by atoms with Crippen molar-refractivity contribution in [2.75, 3.05) is 18.0 Å². The molecule has 0 aromatic heterocycles. The molecule has 0 aliphatic heterocycles. The van der Waals surface area contributed by atoms with Gasteiger partial charge in [-0.15, -0.1) is 0 Å². The Kier molecular flexibility index (Phi) is 7.43. The van der Waals surface area contributed by atoms with Gasteiger partial charge in [0.1, 0.15) is 12.3 Å². The number of carbonyl (C=O) groups excluding carboxylic acids is 1. The van der Waals surface area contributed by atoms with Gasteiger partial charge in [0.25, 0.3) is 10.0 Å². The van der Waals surface area contributed by atoms with Gasteiger partial charge >= 0.3 is 0 Å². The summed E-state index contributed by atoms with van der Waals surface area (Å²) in [7, 11) is -2.46. The summed E-state index contributed by atoms with van der Waals surface area (Å²) >= 11 is 0. The SMILES string of the molecule is COc1ccc(S(=O)(=O)N(CC(=O)NC(C)c2ccc(C)c(C)c2)c2ccccc2)cc1C. The van der Waals surface area contributed by atoms with Gasteiger partial charge in [0.05, 0.1) is 23.7 Å². The second kappa shape index (κ2) is 10.1. The third-order valence-corrected chi connectivity index (χ3v) is 7.46. The molecule has 33 heavy (non-hydrogen) atoms. The molecule has 7 heteroatoms. The molecule has 1 amide bonds. The molecular weight excluding hydrogens is 436 g/mol. The number of hydrogen-bond acceptors (Lipinski definition) is 4. The fourth-order valence-corrected chi connectivity index (χ4v) is 5.09. The van der Waals surface area contributed by atoms with Gasteiger partial charge in [-0.2, -0.15) is 0 Å². The number of rotatable bonds is 8. The van der Waals surface area contributed by atoms with E-state index in [-0.39, 0.29) is 17.5 Å². The molecule has 1 atom stereocenters. The highest BCUT2D eigenvalue weighted by Crippen LogP contribution is 2.27. The average molecular weight is 467 g/mol. The van der Waals surface area contributed by atoms with E-state index in [1.165, 1.54) is 18.7 Å². The Balaban J connectivity index is 1.89. The van der Waals surface area contributed by atoms with Gasteiger partial charge < -0.3 is 10.1 Å². The zero-order valence-electron chi connectivity index (χ0n) is 19.6. The topological polar surface area (TPSA) is 75.7 Å². The van der Waals surface area contributed by atoms with Crippen LogP contribution in [0.3, 0.4) is 0 Å². The predicted octanol–water partition coefficient (Wildman–Crippen LogP) is 4.69. The van der Waals surface area contributed by atoms with Crippen LogP contribution in [0.5, 0.6) is 5.75 Å². The Morgan fingerprint density at radius 2 is 1.64 bits per heavy atom. The normalized spacial score (nSPS) is 12.2. The lowest BCUT2D eigenvalue weighted by molar-refractivity contribution is -0.120. The monoisotopic (exact) mass is 466 g/mol. The minimum absolute atomic E-state index is 0.0969. The second-order valence-corrected chi connectivity index (χ2v) is 9.97. The van der Waals surface area contributed by atoms with Crippen LogP contribution >= 0.6 is 0 Å². The van der Waals surface area contributed by atoms with Crippen molar-refractivity contribution in [3.05, 3.63) is 89.0 Å². The van der Waals surface area contributed by atoms with E-state index in [9.17, 15) is 13.2 Å². The highest BCUT2D eigenvalue weighted by atomic mass is 32.2. The maximum Gasteiger partial charge on any atom is 0.264 e. The van der Waals surface area contributed by atoms with Crippen LogP contribution in [0.1, 0.15) is 35.2 Å². The van der Waals surface area contributed by atoms with Gasteiger partial charge in [-0.25, -0.2) is 8.42 Å². The molecule has 0 saturated carbocycles. The Bertz CT molecular complexity index is 1240. The van der Waals surface area contributed by atoms with E-state index in [1.54, 1.807) is 49.4 Å². The number of sulfonamides is 1. The van der Waals surface area contributed by atoms with Crippen molar-refractivity contribution in [3.8, 4) is 5.75 Å². The molecule has 0 aliphatic rings. The summed E-state index contributed by atoms with van der Waals surface area (Å²) in [5.74, 6) is 0.207. The van der Waals surface area contributed by atoms with Gasteiger partial charge in [-0.1, -0.05) is 36.4 Å². The van der Waals surface area contributed by atoms with E-state index in [4.69, 9.17) is 4.74 Å². The molecule has 3 aromatic rings. The van der Waals surface area contributed by atoms with Crippen molar-refractivity contribution in [1.29, 1.82) is 0 Å². The Morgan fingerprint density at radius 3 is 2.24 bits per heavy atom. The molecule has 1 unspecified atom stereocenters. The highest BCUT2D eigenvalue weighted by molar-refractivity contribution is 7.92. The molecule has 0 bridgehead atoms. The summed E-state index contributed by atoms with van der Waals surface area (Å²) in [6.07, 6.45) is 0. The fraction of sp³-hybridized carbons (Fsp3) is 0.269. The molecule has 0 radical (unpaired) electrons. The number of nitrogens with one attached hydrogen (secondary N) is 1. The fourth-order valence-electron chi connectivity index (χ4n) is 3.58. The zero-order chi connectivity index (χ0) is 24.2. The number of ether oxygens (including phenoxy) is 1. The quantitative estimate of drug-likeness (QED) is 0.522. The number of nitrogens with zero attached hydrogens (tertiary/aromatic N) is 1. The highest BCUT2D eigenvalue weighted by Gasteiger charge is 2.28. The number of hydrogen-bond donors (Lipinski definition) is 1. The zero-order valence-corrected chi connectivity index (χ0v) is 20.4. The largest absolute Gasteiger partial charge is 0.496 e. The van der Waals surface area contributed by atoms with Crippen LogP contribution in [0.25, 0.3) is 0 Å². The lowest BCUT2D eigenvalue weighted by Gasteiger charge is -2.25. The first kappa shape index (κ1) is 24.3. The van der Waals surface area contributed by atoms with E-state index in [0.717, 1.165) is 15.4 Å². The number of benzene rings is 3. The van der Waals surface area contributed by atoms with Crippen LogP contribution in [0.15, 0.2) is 71.6 Å². The average Bonchev–Trinajstić information content (AvgIpc) is 2.79. The summed E-state index contributed by atoms with van der Waals surface area (Å²) in [4.78, 5) is 13.1. The minimum Gasteiger partial charge on any atom is -0.496 e. The van der Waals surface area contributed by atoms with Crippen LogP contribution < -0.4 is 14.4 Å². The van der Waals surface area contributed by atoms with Crippen molar-refractivity contribution in [2.45, 2.75) is 38.6 Å². The molecule has 6 nitrogen and oxygen atoms in total. The first-order valence-electron chi connectivity index (χ1n) is 10.7. The maximum absolute atomic E-state index is 13.6. The van der Waals surface area contributed by atoms with Crippen molar-refractivity contribution >= 4 is 21.6 Å². The van der Waals surface area contributed by atoms with E-state index in [0.29, 0.717) is 17.0 Å². The van der Waals surface area contributed by atoms with E-state index in [1.807, 2.05) is 39.0 Å². The number of anilines is 1. The molecule has 3 aromatic carbocycles. The van der Waals surface area contributed by atoms with Crippen LogP contribution in [-0.4, -0.2) is 28.0 Å². The van der Waals surface area contributed by atoms with Gasteiger partial charge in [0.15, 0.2) is 0 Å². The van der Waals surface area contributed by atoms with Gasteiger partial charge in [-0.3, -0.25) is 9.10 Å². The third kappa shape index (κ3) is 5.54. The van der Waals surface area contributed by atoms with Crippen LogP contribution in [-0.2, 0) is 14.8 Å². The van der Waals surface area contributed by atoms with Crippen molar-refractivity contribution in [3.63, 3.8) is 0 Å². The number of methoxy groups -OCH3 is 1. The summed E-state index contributed by atoms with van der Waals surface area (Å²) < 4.78 is 33.5. The molecule has 1 N–H and O–H groups in total. The van der Waals surface area contributed by atoms with Crippen molar-refractivity contribution in [2.24, 2.45) is 0 Å². The smallest absolute Gasteiger partial charge is 0.264 e. The second-order valence-electron chi connectivity index (χ2n) is 8.11. The molecular formula is C26H30N2O4S. The first-order valence-corrected chi connectivity index (χ1v) is 12.2. The standard InChI is InChI=1S/C26H30N2O4S/c1-18-11-12-22(15-19(18)2)21(4)27-26(29)17-28(23-9-7-6-8-10-23)33(30,31)24-13-14-25(32-5)20(3)16-24/h6-16,21H,17H2,1-5H3,(H,27,29). The summed E-state index contributed by atoms with van der Waals surface area (Å²) in [5.41, 5.74) is 4.39. The number of para-hydroxylation sites is 1. The summed E-state index contributed by atoms with van der Waals surface area (Å²) in [6, 6.07) is 19.1. The van der Waals surface area contributed by atoms with Crippen LogP contribution in [0, 0.1) is 20.8 Å². The molecule has 0 spiro atoms.